The van der Waals surface area contributed by atoms with Crippen LogP contribution in [0.3, 0.4) is 0 Å². The average molecular weight is 230 g/mol. The van der Waals surface area contributed by atoms with Crippen molar-refractivity contribution in [1.29, 1.82) is 0 Å². The molecule has 0 fully saturated rings. The van der Waals surface area contributed by atoms with Crippen molar-refractivity contribution in [3.05, 3.63) is 0 Å². The number of rotatable bonds is 0. The van der Waals surface area contributed by atoms with E-state index in [-0.39, 0.29) is 37.0 Å². The van der Waals surface area contributed by atoms with Gasteiger partial charge in [-0.15, -0.1) is 0 Å². The Kier molecular flexibility index (Phi) is 16.2. The van der Waals surface area contributed by atoms with Gasteiger partial charge in [0.1, 0.15) is 0 Å². The molecule has 0 saturated carbocycles. The Morgan fingerprint density at radius 2 is 1.08 bits per heavy atom. The molecule has 0 aliphatic heterocycles. The van der Waals surface area contributed by atoms with E-state index in [2.05, 4.69) is 0 Å². The molecule has 0 aromatic carbocycles. The average Bonchev–Trinajstić information content (AvgIpc) is 1.12. The molecule has 0 unspecified atom stereocenters. The van der Waals surface area contributed by atoms with E-state index in [0.29, 0.717) is 12.5 Å². The second-order valence-corrected chi connectivity index (χ2v) is 4.31. The quantitative estimate of drug-likeness (QED) is 0.338. The van der Waals surface area contributed by atoms with Gasteiger partial charge in [-0.05, 0) is 0 Å². The van der Waals surface area contributed by atoms with Crippen molar-refractivity contribution in [1.82, 2.24) is 0 Å². The van der Waals surface area contributed by atoms with Crippen molar-refractivity contribution >= 4 is 20.2 Å². The summed E-state index contributed by atoms with van der Waals surface area (Å²) in [6.45, 7) is 0. The third kappa shape index (κ3) is 1550. The van der Waals surface area contributed by atoms with E-state index in [9.17, 15) is 8.42 Å². The molecule has 9 heteroatoms. The first kappa shape index (κ1) is 23.0. The molecular formula is C3H11NaO6S2. The third-order valence-electron chi connectivity index (χ3n) is 0. The Labute approximate surface area is 95.2 Å². The van der Waals surface area contributed by atoms with Gasteiger partial charge in [0.2, 0.25) is 0 Å². The van der Waals surface area contributed by atoms with Gasteiger partial charge in [-0.1, -0.05) is 7.43 Å². The zero-order valence-corrected chi connectivity index (χ0v) is 9.94. The van der Waals surface area contributed by atoms with E-state index in [1.54, 1.807) is 0 Å². The Morgan fingerprint density at radius 1 is 1.08 bits per heavy atom. The molecule has 0 radical (unpaired) electrons. The van der Waals surface area contributed by atoms with Gasteiger partial charge in [-0.2, -0.15) is 8.42 Å². The number of hydrogen-bond donors (Lipinski definition) is 1. The SMILES string of the molecule is C.CS(=O)(=O)O.CS(=O)(=O)[O-].[Na+]. The van der Waals surface area contributed by atoms with E-state index >= 15 is 0 Å². The van der Waals surface area contributed by atoms with Crippen LogP contribution >= 0.6 is 0 Å². The molecule has 0 bridgehead atoms. The minimum atomic E-state index is -3.92. The first-order valence-corrected chi connectivity index (χ1v) is 5.50. The number of hydrogen-bond acceptors (Lipinski definition) is 5. The summed E-state index contributed by atoms with van der Waals surface area (Å²) in [4.78, 5) is 0. The molecule has 0 rings (SSSR count). The zero-order chi connectivity index (χ0) is 9.00. The van der Waals surface area contributed by atoms with Gasteiger partial charge in [0.05, 0.1) is 16.4 Å². The minimum Gasteiger partial charge on any atom is -0.748 e. The molecule has 6 nitrogen and oxygen atoms in total. The van der Waals surface area contributed by atoms with E-state index < -0.39 is 20.2 Å². The summed E-state index contributed by atoms with van der Waals surface area (Å²) in [5.41, 5.74) is 0. The summed E-state index contributed by atoms with van der Waals surface area (Å²) in [7, 11) is -7.58. The summed E-state index contributed by atoms with van der Waals surface area (Å²) >= 11 is 0. The predicted octanol–water partition coefficient (Wildman–Crippen LogP) is -3.69. The second-order valence-electron chi connectivity index (χ2n) is 1.44. The maximum absolute atomic E-state index is 9.19. The largest absolute Gasteiger partial charge is 1.00 e. The maximum atomic E-state index is 9.19. The third-order valence-corrected chi connectivity index (χ3v) is 0. The standard InChI is InChI=1S/2CH4O3S.CH4.Na/c2*1-5(2,3)4;;/h2*1H3,(H,2,3,4);1H4;/q;;;+1/p-1. The molecule has 12 heavy (non-hydrogen) atoms. The first-order chi connectivity index (χ1) is 4.00. The van der Waals surface area contributed by atoms with Crippen LogP contribution in [0.15, 0.2) is 0 Å². The molecule has 0 aliphatic rings. The molecule has 1 N–H and O–H groups in total. The van der Waals surface area contributed by atoms with Crippen LogP contribution in [0.4, 0.5) is 0 Å². The van der Waals surface area contributed by atoms with Crippen LogP contribution in [0.1, 0.15) is 7.43 Å². The van der Waals surface area contributed by atoms with Crippen LogP contribution < -0.4 is 29.6 Å². The van der Waals surface area contributed by atoms with Crippen molar-refractivity contribution in [2.45, 2.75) is 7.43 Å². The monoisotopic (exact) mass is 230 g/mol. The van der Waals surface area contributed by atoms with Gasteiger partial charge in [-0.3, -0.25) is 4.55 Å². The molecule has 0 amide bonds. The van der Waals surface area contributed by atoms with E-state index in [1.165, 1.54) is 0 Å². The van der Waals surface area contributed by atoms with E-state index in [0.717, 1.165) is 0 Å². The first-order valence-electron chi connectivity index (χ1n) is 1.83. The molecular weight excluding hydrogens is 219 g/mol. The van der Waals surface area contributed by atoms with Crippen LogP contribution in [0.25, 0.3) is 0 Å². The van der Waals surface area contributed by atoms with Crippen LogP contribution in [0, 0.1) is 0 Å². The van der Waals surface area contributed by atoms with Crippen LogP contribution in [0.2, 0.25) is 0 Å². The van der Waals surface area contributed by atoms with Crippen LogP contribution in [-0.4, -0.2) is 38.5 Å². The van der Waals surface area contributed by atoms with Gasteiger partial charge < -0.3 is 4.55 Å². The van der Waals surface area contributed by atoms with Crippen molar-refractivity contribution in [2.24, 2.45) is 0 Å². The summed E-state index contributed by atoms with van der Waals surface area (Å²) < 4.78 is 53.1. The fourth-order valence-corrected chi connectivity index (χ4v) is 0. The molecule has 0 spiro atoms. The van der Waals surface area contributed by atoms with Crippen molar-refractivity contribution in [2.75, 3.05) is 12.5 Å². The molecule has 0 aromatic rings. The van der Waals surface area contributed by atoms with Gasteiger partial charge in [-0.25, -0.2) is 8.42 Å². The van der Waals surface area contributed by atoms with Crippen molar-refractivity contribution in [3.8, 4) is 0 Å². The topological polar surface area (TPSA) is 112 Å². The molecule has 0 heterocycles. The van der Waals surface area contributed by atoms with Crippen LogP contribution in [-0.2, 0) is 20.2 Å². The van der Waals surface area contributed by atoms with Crippen LogP contribution in [0.5, 0.6) is 0 Å². The minimum absolute atomic E-state index is 0. The second kappa shape index (κ2) is 8.42. The van der Waals surface area contributed by atoms with E-state index in [4.69, 9.17) is 17.5 Å². The summed E-state index contributed by atoms with van der Waals surface area (Å²) in [6.07, 6.45) is 1.32. The fraction of sp³-hybridized carbons (Fsp3) is 1.00. The molecule has 0 saturated heterocycles. The predicted molar refractivity (Wildman–Crippen MR) is 39.8 cm³/mol. The van der Waals surface area contributed by atoms with Gasteiger partial charge in [0.25, 0.3) is 10.1 Å². The molecule has 0 atom stereocenters. The Bertz CT molecular complexity index is 217. The van der Waals surface area contributed by atoms with Crippen molar-refractivity contribution < 1.29 is 55.5 Å². The van der Waals surface area contributed by atoms with Gasteiger partial charge in [0, 0.05) is 6.26 Å². The summed E-state index contributed by atoms with van der Waals surface area (Å²) in [6, 6.07) is 0. The van der Waals surface area contributed by atoms with Crippen molar-refractivity contribution in [3.63, 3.8) is 0 Å². The van der Waals surface area contributed by atoms with E-state index in [1.807, 2.05) is 0 Å². The zero-order valence-electron chi connectivity index (χ0n) is 6.30. The molecule has 0 aromatic heterocycles. The van der Waals surface area contributed by atoms with Gasteiger partial charge in [0.15, 0.2) is 0 Å². The Hall–Kier alpha value is 0.820. The molecule has 0 aliphatic carbocycles. The van der Waals surface area contributed by atoms with Gasteiger partial charge >= 0.3 is 29.6 Å². The maximum Gasteiger partial charge on any atom is 1.00 e. The summed E-state index contributed by atoms with van der Waals surface area (Å²) in [5, 5.41) is 0. The summed E-state index contributed by atoms with van der Waals surface area (Å²) in [5.74, 6) is 0. The smallest absolute Gasteiger partial charge is 0.748 e. The normalized spacial score (nSPS) is 9.67. The fourth-order valence-electron chi connectivity index (χ4n) is 0. The Morgan fingerprint density at radius 3 is 1.08 bits per heavy atom. The Balaban J connectivity index is -0.0000000457. The molecule has 72 valence electrons.